The minimum atomic E-state index is -0.869. The minimum absolute atomic E-state index is 0. The first-order chi connectivity index (χ1) is 6.24. The SMILES string of the molecule is C#CC(OC(N)=O)c1ccccc1.[Co]. The van der Waals surface area contributed by atoms with Crippen LogP contribution in [0.5, 0.6) is 0 Å². The van der Waals surface area contributed by atoms with Crippen molar-refractivity contribution in [1.29, 1.82) is 0 Å². The van der Waals surface area contributed by atoms with Gasteiger partial charge in [0.1, 0.15) is 0 Å². The van der Waals surface area contributed by atoms with Gasteiger partial charge >= 0.3 is 6.09 Å². The number of amides is 1. The molecule has 0 spiro atoms. The molecule has 4 heteroatoms. The summed E-state index contributed by atoms with van der Waals surface area (Å²) < 4.78 is 4.69. The molecule has 1 rings (SSSR count). The maximum absolute atomic E-state index is 10.4. The molecule has 0 heterocycles. The zero-order chi connectivity index (χ0) is 9.68. The summed E-state index contributed by atoms with van der Waals surface area (Å²) in [5, 5.41) is 0. The summed E-state index contributed by atoms with van der Waals surface area (Å²) >= 11 is 0. The fourth-order valence-corrected chi connectivity index (χ4v) is 0.942. The van der Waals surface area contributed by atoms with Crippen molar-refractivity contribution < 1.29 is 26.3 Å². The standard InChI is InChI=1S/C10H9NO2.Co/c1-2-9(13-10(11)12)8-6-4-3-5-7-8;/h1,3-7,9H,(H2,11,12);. The molecule has 0 bridgehead atoms. The molecule has 0 aliphatic rings. The van der Waals surface area contributed by atoms with Crippen molar-refractivity contribution in [3.63, 3.8) is 0 Å². The average Bonchev–Trinajstić information content (AvgIpc) is 2.15. The van der Waals surface area contributed by atoms with Crippen LogP contribution in [0.25, 0.3) is 0 Å². The number of rotatable bonds is 2. The van der Waals surface area contributed by atoms with E-state index >= 15 is 0 Å². The van der Waals surface area contributed by atoms with Crippen LogP contribution in [0.3, 0.4) is 0 Å². The smallest absolute Gasteiger partial charge is 0.406 e. The van der Waals surface area contributed by atoms with Gasteiger partial charge in [-0.15, -0.1) is 6.42 Å². The second kappa shape index (κ2) is 6.08. The van der Waals surface area contributed by atoms with Gasteiger partial charge in [-0.25, -0.2) is 4.79 Å². The molecule has 0 saturated carbocycles. The van der Waals surface area contributed by atoms with E-state index in [4.69, 9.17) is 12.2 Å². The van der Waals surface area contributed by atoms with Crippen LogP contribution in [0.15, 0.2) is 30.3 Å². The molecule has 1 aromatic rings. The summed E-state index contributed by atoms with van der Waals surface area (Å²) in [7, 11) is 0. The van der Waals surface area contributed by atoms with Gasteiger partial charge in [-0.05, 0) is 0 Å². The van der Waals surface area contributed by atoms with E-state index in [2.05, 4.69) is 10.7 Å². The Morgan fingerprint density at radius 3 is 2.43 bits per heavy atom. The third kappa shape index (κ3) is 3.52. The summed E-state index contributed by atoms with van der Waals surface area (Å²) in [6.45, 7) is 0. The molecular formula is C10H9CoNO2. The van der Waals surface area contributed by atoms with E-state index in [1.807, 2.05) is 18.2 Å². The molecule has 3 nitrogen and oxygen atoms in total. The number of hydrogen-bond acceptors (Lipinski definition) is 2. The summed E-state index contributed by atoms with van der Waals surface area (Å²) in [6.07, 6.45) is 3.61. The molecule has 1 aromatic carbocycles. The first kappa shape index (κ1) is 12.6. The number of primary amides is 1. The summed E-state index contributed by atoms with van der Waals surface area (Å²) in [6, 6.07) is 9.01. The van der Waals surface area contributed by atoms with Gasteiger partial charge in [-0.1, -0.05) is 36.3 Å². The van der Waals surface area contributed by atoms with E-state index in [1.54, 1.807) is 12.1 Å². The minimum Gasteiger partial charge on any atom is -0.428 e. The van der Waals surface area contributed by atoms with Crippen molar-refractivity contribution in [2.45, 2.75) is 6.10 Å². The summed E-state index contributed by atoms with van der Waals surface area (Å²) in [4.78, 5) is 10.4. The normalized spacial score (nSPS) is 10.5. The Morgan fingerprint density at radius 2 is 2.00 bits per heavy atom. The van der Waals surface area contributed by atoms with Crippen molar-refractivity contribution in [1.82, 2.24) is 0 Å². The van der Waals surface area contributed by atoms with E-state index in [-0.39, 0.29) is 16.8 Å². The number of nitrogens with two attached hydrogens (primary N) is 1. The van der Waals surface area contributed by atoms with E-state index in [9.17, 15) is 4.79 Å². The summed E-state index contributed by atoms with van der Waals surface area (Å²) in [5.74, 6) is 2.33. The first-order valence-electron chi connectivity index (χ1n) is 3.71. The molecule has 0 fully saturated rings. The van der Waals surface area contributed by atoms with Gasteiger partial charge in [0.15, 0.2) is 6.10 Å². The number of terminal acetylenes is 1. The number of benzene rings is 1. The Bertz CT molecular complexity index is 332. The molecule has 14 heavy (non-hydrogen) atoms. The Hall–Kier alpha value is -1.44. The molecule has 1 atom stereocenters. The third-order valence-corrected chi connectivity index (χ3v) is 1.49. The predicted octanol–water partition coefficient (Wildman–Crippen LogP) is 1.45. The van der Waals surface area contributed by atoms with Crippen molar-refractivity contribution in [3.8, 4) is 12.3 Å². The van der Waals surface area contributed by atoms with Crippen LogP contribution in [0, 0.1) is 12.3 Å². The van der Waals surface area contributed by atoms with Gasteiger partial charge in [0.2, 0.25) is 0 Å². The second-order valence-corrected chi connectivity index (χ2v) is 2.39. The largest absolute Gasteiger partial charge is 0.428 e. The number of hydrogen-bond donors (Lipinski definition) is 1. The van der Waals surface area contributed by atoms with Crippen molar-refractivity contribution in [2.75, 3.05) is 0 Å². The molecule has 0 aromatic heterocycles. The maximum Gasteiger partial charge on any atom is 0.406 e. The molecule has 75 valence electrons. The van der Waals surface area contributed by atoms with Crippen LogP contribution in [-0.4, -0.2) is 6.09 Å². The Balaban J connectivity index is 0.00000169. The van der Waals surface area contributed by atoms with Crippen molar-refractivity contribution >= 4 is 6.09 Å². The fraction of sp³-hybridized carbons (Fsp3) is 0.100. The number of carbonyl (C=O) groups is 1. The van der Waals surface area contributed by atoms with Crippen LogP contribution in [-0.2, 0) is 21.5 Å². The maximum atomic E-state index is 10.4. The monoisotopic (exact) mass is 234 g/mol. The van der Waals surface area contributed by atoms with Crippen LogP contribution in [0.4, 0.5) is 4.79 Å². The van der Waals surface area contributed by atoms with E-state index in [1.165, 1.54) is 0 Å². The van der Waals surface area contributed by atoms with E-state index in [0.29, 0.717) is 0 Å². The average molecular weight is 234 g/mol. The van der Waals surface area contributed by atoms with Gasteiger partial charge < -0.3 is 10.5 Å². The topological polar surface area (TPSA) is 52.3 Å². The van der Waals surface area contributed by atoms with Crippen LogP contribution < -0.4 is 5.73 Å². The van der Waals surface area contributed by atoms with Crippen LogP contribution in [0.2, 0.25) is 0 Å². The van der Waals surface area contributed by atoms with Gasteiger partial charge in [-0.2, -0.15) is 0 Å². The fourth-order valence-electron chi connectivity index (χ4n) is 0.942. The molecule has 0 aliphatic heterocycles. The number of carbonyl (C=O) groups excluding carboxylic acids is 1. The molecule has 0 saturated heterocycles. The third-order valence-electron chi connectivity index (χ3n) is 1.49. The molecular weight excluding hydrogens is 225 g/mol. The molecule has 2 N–H and O–H groups in total. The number of ether oxygens (including phenoxy) is 1. The van der Waals surface area contributed by atoms with Gasteiger partial charge in [0.25, 0.3) is 0 Å². The van der Waals surface area contributed by atoms with Gasteiger partial charge in [0, 0.05) is 22.3 Å². The predicted molar refractivity (Wildman–Crippen MR) is 48.7 cm³/mol. The second-order valence-electron chi connectivity index (χ2n) is 2.39. The molecule has 1 unspecified atom stereocenters. The Morgan fingerprint density at radius 1 is 1.43 bits per heavy atom. The quantitative estimate of drug-likeness (QED) is 0.787. The van der Waals surface area contributed by atoms with Gasteiger partial charge in [0.05, 0.1) is 0 Å². The first-order valence-corrected chi connectivity index (χ1v) is 3.71. The van der Waals surface area contributed by atoms with Crippen LogP contribution in [0.1, 0.15) is 11.7 Å². The Labute approximate surface area is 92.8 Å². The zero-order valence-electron chi connectivity index (χ0n) is 7.27. The Kier molecular flexibility index (Phi) is 5.45. The van der Waals surface area contributed by atoms with E-state index < -0.39 is 12.2 Å². The van der Waals surface area contributed by atoms with Crippen LogP contribution >= 0.6 is 0 Å². The molecule has 1 amide bonds. The summed E-state index contributed by atoms with van der Waals surface area (Å²) in [5.41, 5.74) is 5.59. The molecule has 0 aliphatic carbocycles. The van der Waals surface area contributed by atoms with Crippen molar-refractivity contribution in [3.05, 3.63) is 35.9 Å². The van der Waals surface area contributed by atoms with E-state index in [0.717, 1.165) is 5.56 Å². The van der Waals surface area contributed by atoms with Gasteiger partial charge in [-0.3, -0.25) is 0 Å². The molecule has 1 radical (unpaired) electrons. The zero-order valence-corrected chi connectivity index (χ0v) is 8.31. The van der Waals surface area contributed by atoms with Crippen molar-refractivity contribution in [2.24, 2.45) is 5.73 Å².